The molecular weight excluding hydrogens is 326 g/mol. The highest BCUT2D eigenvalue weighted by Gasteiger charge is 2.28. The summed E-state index contributed by atoms with van der Waals surface area (Å²) in [6.07, 6.45) is 1.89. The van der Waals surface area contributed by atoms with Crippen molar-refractivity contribution in [3.8, 4) is 0 Å². The lowest BCUT2D eigenvalue weighted by Crippen LogP contribution is -2.30. The second-order valence-corrected chi connectivity index (χ2v) is 6.46. The van der Waals surface area contributed by atoms with Crippen LogP contribution in [0, 0.1) is 17.6 Å². The van der Waals surface area contributed by atoms with E-state index in [1.54, 1.807) is 11.0 Å². The van der Waals surface area contributed by atoms with Gasteiger partial charge in [0.1, 0.15) is 11.6 Å². The smallest absolute Gasteiger partial charge is 0.255 e. The molecule has 0 bridgehead atoms. The Hall–Kier alpha value is -2.50. The van der Waals surface area contributed by atoms with Gasteiger partial charge in [0.15, 0.2) is 0 Å². The Morgan fingerprint density at radius 2 is 1.96 bits per heavy atom. The molecule has 1 atom stereocenters. The second kappa shape index (κ2) is 7.17. The maximum atomic E-state index is 13.3. The minimum absolute atomic E-state index is 0.110. The maximum absolute atomic E-state index is 13.3. The summed E-state index contributed by atoms with van der Waals surface area (Å²) in [4.78, 5) is 28.6. The zero-order valence-corrected chi connectivity index (χ0v) is 14.0. The lowest BCUT2D eigenvalue weighted by molar-refractivity contribution is 0.0785. The number of carbonyl (C=O) groups excluding carboxylic acids is 1. The van der Waals surface area contributed by atoms with Gasteiger partial charge < -0.3 is 9.88 Å². The normalized spacial score (nSPS) is 17.1. The third-order valence-electron chi connectivity index (χ3n) is 4.60. The van der Waals surface area contributed by atoms with Gasteiger partial charge in [0.25, 0.3) is 5.91 Å². The molecule has 25 heavy (non-hydrogen) atoms. The van der Waals surface area contributed by atoms with E-state index in [2.05, 4.69) is 4.98 Å². The van der Waals surface area contributed by atoms with Crippen molar-refractivity contribution in [1.82, 2.24) is 9.88 Å². The highest BCUT2D eigenvalue weighted by Crippen LogP contribution is 2.24. The molecule has 1 N–H and O–H groups in total. The molecule has 1 aromatic carbocycles. The topological polar surface area (TPSA) is 53.2 Å². The summed E-state index contributed by atoms with van der Waals surface area (Å²) in [5.41, 5.74) is 1.53. The molecule has 3 rings (SSSR count). The van der Waals surface area contributed by atoms with E-state index in [-0.39, 0.29) is 17.4 Å². The molecule has 1 unspecified atom stereocenters. The van der Waals surface area contributed by atoms with E-state index in [1.165, 1.54) is 18.2 Å². The fraction of sp³-hybridized carbons (Fsp3) is 0.368. The maximum Gasteiger partial charge on any atom is 0.255 e. The zero-order valence-electron chi connectivity index (χ0n) is 14.0. The molecular formula is C19H20F2N2O2. The summed E-state index contributed by atoms with van der Waals surface area (Å²) in [5.74, 6) is -1.11. The number of H-pyrrole nitrogens is 1. The SMILES string of the molecule is CCc1[nH]c(=O)ccc1C(=O)N1CCC(Cc2cc(F)cc(F)c2)C1. The van der Waals surface area contributed by atoms with Crippen LogP contribution in [0.25, 0.3) is 0 Å². The lowest BCUT2D eigenvalue weighted by Gasteiger charge is -2.18. The highest BCUT2D eigenvalue weighted by molar-refractivity contribution is 5.95. The minimum atomic E-state index is -0.582. The first-order valence-corrected chi connectivity index (χ1v) is 8.42. The van der Waals surface area contributed by atoms with Crippen molar-refractivity contribution in [1.29, 1.82) is 0 Å². The molecule has 0 radical (unpaired) electrons. The van der Waals surface area contributed by atoms with Gasteiger partial charge in [-0.15, -0.1) is 0 Å². The standard InChI is InChI=1S/C19H20F2N2O2/c1-2-17-16(3-4-18(24)22-17)19(25)23-6-5-12(11-23)7-13-8-14(20)10-15(21)9-13/h3-4,8-10,12H,2,5-7,11H2,1H3,(H,22,24). The van der Waals surface area contributed by atoms with Gasteiger partial charge in [0.05, 0.1) is 5.56 Å². The molecule has 1 aliphatic heterocycles. The van der Waals surface area contributed by atoms with Crippen molar-refractivity contribution in [2.45, 2.75) is 26.2 Å². The van der Waals surface area contributed by atoms with Crippen LogP contribution >= 0.6 is 0 Å². The Morgan fingerprint density at radius 1 is 1.24 bits per heavy atom. The van der Waals surface area contributed by atoms with Crippen LogP contribution < -0.4 is 5.56 Å². The van der Waals surface area contributed by atoms with Crippen LogP contribution in [0.15, 0.2) is 35.1 Å². The number of aromatic amines is 1. The molecule has 2 aromatic rings. The van der Waals surface area contributed by atoms with E-state index in [9.17, 15) is 18.4 Å². The summed E-state index contributed by atoms with van der Waals surface area (Å²) in [7, 11) is 0. The van der Waals surface area contributed by atoms with Crippen molar-refractivity contribution in [2.75, 3.05) is 13.1 Å². The van der Waals surface area contributed by atoms with Gasteiger partial charge in [0, 0.05) is 30.9 Å². The molecule has 1 saturated heterocycles. The Labute approximate surface area is 144 Å². The fourth-order valence-electron chi connectivity index (χ4n) is 3.41. The zero-order chi connectivity index (χ0) is 18.0. The van der Waals surface area contributed by atoms with Gasteiger partial charge in [0.2, 0.25) is 5.56 Å². The molecule has 1 amide bonds. The van der Waals surface area contributed by atoms with Gasteiger partial charge in [-0.25, -0.2) is 8.78 Å². The molecule has 0 saturated carbocycles. The lowest BCUT2D eigenvalue weighted by atomic mass is 9.98. The summed E-state index contributed by atoms with van der Waals surface area (Å²) >= 11 is 0. The monoisotopic (exact) mass is 346 g/mol. The number of pyridine rings is 1. The van der Waals surface area contributed by atoms with Crippen molar-refractivity contribution in [3.05, 3.63) is 69.1 Å². The van der Waals surface area contributed by atoms with Gasteiger partial charge in [-0.05, 0) is 48.9 Å². The summed E-state index contributed by atoms with van der Waals surface area (Å²) in [5, 5.41) is 0. The summed E-state index contributed by atoms with van der Waals surface area (Å²) in [6.45, 7) is 3.02. The second-order valence-electron chi connectivity index (χ2n) is 6.46. The van der Waals surface area contributed by atoms with Crippen LogP contribution in [-0.2, 0) is 12.8 Å². The van der Waals surface area contributed by atoms with Crippen molar-refractivity contribution in [2.24, 2.45) is 5.92 Å². The van der Waals surface area contributed by atoms with Crippen molar-refractivity contribution < 1.29 is 13.6 Å². The molecule has 0 spiro atoms. The number of carbonyl (C=O) groups is 1. The number of aromatic nitrogens is 1. The Balaban J connectivity index is 1.70. The summed E-state index contributed by atoms with van der Waals surface area (Å²) in [6, 6.07) is 6.45. The van der Waals surface area contributed by atoms with Crippen LogP contribution in [-0.4, -0.2) is 28.9 Å². The number of rotatable bonds is 4. The molecule has 1 fully saturated rings. The third-order valence-corrected chi connectivity index (χ3v) is 4.60. The molecule has 1 aromatic heterocycles. The predicted molar refractivity (Wildman–Crippen MR) is 90.5 cm³/mol. The van der Waals surface area contributed by atoms with Crippen LogP contribution in [0.1, 0.15) is 35.0 Å². The van der Waals surface area contributed by atoms with Gasteiger partial charge in [-0.2, -0.15) is 0 Å². The van der Waals surface area contributed by atoms with Gasteiger partial charge >= 0.3 is 0 Å². The number of aryl methyl sites for hydroxylation is 1. The number of benzene rings is 1. The Morgan fingerprint density at radius 3 is 2.64 bits per heavy atom. The average Bonchev–Trinajstić information content (AvgIpc) is 3.01. The predicted octanol–water partition coefficient (Wildman–Crippen LogP) is 2.92. The average molecular weight is 346 g/mol. The van der Waals surface area contributed by atoms with E-state index in [4.69, 9.17) is 0 Å². The number of hydrogen-bond donors (Lipinski definition) is 1. The van der Waals surface area contributed by atoms with E-state index in [0.717, 1.165) is 12.5 Å². The number of halogens is 2. The number of hydrogen-bond acceptors (Lipinski definition) is 2. The van der Waals surface area contributed by atoms with Crippen LogP contribution in [0.2, 0.25) is 0 Å². The molecule has 6 heteroatoms. The highest BCUT2D eigenvalue weighted by atomic mass is 19.1. The number of nitrogens with zero attached hydrogens (tertiary/aromatic N) is 1. The van der Waals surface area contributed by atoms with E-state index in [1.807, 2.05) is 6.92 Å². The summed E-state index contributed by atoms with van der Waals surface area (Å²) < 4.78 is 26.6. The van der Waals surface area contributed by atoms with Gasteiger partial charge in [-0.3, -0.25) is 9.59 Å². The molecule has 2 heterocycles. The molecule has 132 valence electrons. The Kier molecular flexibility index (Phi) is 4.97. The first-order chi connectivity index (χ1) is 12.0. The minimum Gasteiger partial charge on any atom is -0.338 e. The number of likely N-dealkylation sites (tertiary alicyclic amines) is 1. The van der Waals surface area contributed by atoms with Crippen molar-refractivity contribution in [3.63, 3.8) is 0 Å². The quantitative estimate of drug-likeness (QED) is 0.925. The first-order valence-electron chi connectivity index (χ1n) is 8.42. The third kappa shape index (κ3) is 3.95. The van der Waals surface area contributed by atoms with E-state index in [0.29, 0.717) is 42.8 Å². The molecule has 0 aliphatic carbocycles. The van der Waals surface area contributed by atoms with Crippen LogP contribution in [0.3, 0.4) is 0 Å². The fourth-order valence-corrected chi connectivity index (χ4v) is 3.41. The Bertz CT molecular complexity index is 827. The molecule has 1 aliphatic rings. The van der Waals surface area contributed by atoms with Crippen LogP contribution in [0.5, 0.6) is 0 Å². The van der Waals surface area contributed by atoms with E-state index < -0.39 is 11.6 Å². The molecule has 4 nitrogen and oxygen atoms in total. The van der Waals surface area contributed by atoms with E-state index >= 15 is 0 Å². The van der Waals surface area contributed by atoms with Crippen molar-refractivity contribution >= 4 is 5.91 Å². The first kappa shape index (κ1) is 17.3. The number of nitrogens with one attached hydrogen (secondary N) is 1. The van der Waals surface area contributed by atoms with Gasteiger partial charge in [-0.1, -0.05) is 6.92 Å². The largest absolute Gasteiger partial charge is 0.338 e. The van der Waals surface area contributed by atoms with Crippen LogP contribution in [0.4, 0.5) is 8.78 Å². The number of amides is 1.